The van der Waals surface area contributed by atoms with E-state index >= 15 is 0 Å². The second kappa shape index (κ2) is 6.35. The van der Waals surface area contributed by atoms with E-state index in [4.69, 9.17) is 0 Å². The van der Waals surface area contributed by atoms with E-state index in [-0.39, 0.29) is 16.4 Å². The van der Waals surface area contributed by atoms with Crippen LogP contribution in [0, 0.1) is 0 Å². The molecule has 0 fully saturated rings. The van der Waals surface area contributed by atoms with Crippen molar-refractivity contribution >= 4 is 21.6 Å². The van der Waals surface area contributed by atoms with Crippen molar-refractivity contribution in [3.05, 3.63) is 52.9 Å². The monoisotopic (exact) mass is 335 g/mol. The predicted molar refractivity (Wildman–Crippen MR) is 87.2 cm³/mol. The molecule has 0 aliphatic rings. The van der Waals surface area contributed by atoms with Crippen LogP contribution in [0.1, 0.15) is 6.92 Å². The number of anilines is 1. The lowest BCUT2D eigenvalue weighted by Crippen LogP contribution is -2.25. The van der Waals surface area contributed by atoms with E-state index in [9.17, 15) is 18.0 Å². The van der Waals surface area contributed by atoms with E-state index < -0.39 is 10.0 Å². The summed E-state index contributed by atoms with van der Waals surface area (Å²) in [6.07, 6.45) is 1.27. The van der Waals surface area contributed by atoms with Crippen molar-refractivity contribution in [1.29, 1.82) is 0 Å². The highest BCUT2D eigenvalue weighted by Crippen LogP contribution is 2.16. The van der Waals surface area contributed by atoms with Gasteiger partial charge in [0.25, 0.3) is 5.56 Å². The summed E-state index contributed by atoms with van der Waals surface area (Å²) in [6, 6.07) is 9.05. The fourth-order valence-electron chi connectivity index (χ4n) is 1.97. The van der Waals surface area contributed by atoms with E-state index in [2.05, 4.69) is 5.32 Å². The zero-order chi connectivity index (χ0) is 17.2. The van der Waals surface area contributed by atoms with Gasteiger partial charge in [-0.25, -0.2) is 12.7 Å². The Hall–Kier alpha value is -2.45. The number of rotatable bonds is 4. The largest absolute Gasteiger partial charge is 0.326 e. The van der Waals surface area contributed by atoms with Crippen LogP contribution in [0.4, 0.5) is 5.69 Å². The maximum Gasteiger partial charge on any atom is 0.255 e. The van der Waals surface area contributed by atoms with Crippen molar-refractivity contribution in [3.8, 4) is 5.69 Å². The molecule has 0 spiro atoms. The summed E-state index contributed by atoms with van der Waals surface area (Å²) in [5, 5.41) is 2.62. The predicted octanol–water partition coefficient (Wildman–Crippen LogP) is 1.05. The highest BCUT2D eigenvalue weighted by atomic mass is 32.2. The molecular formula is C15H17N3O4S. The number of hydrogen-bond acceptors (Lipinski definition) is 4. The van der Waals surface area contributed by atoms with Crippen molar-refractivity contribution in [1.82, 2.24) is 8.87 Å². The number of nitrogens with one attached hydrogen (secondary N) is 1. The summed E-state index contributed by atoms with van der Waals surface area (Å²) in [7, 11) is -0.812. The van der Waals surface area contributed by atoms with E-state index in [0.717, 1.165) is 4.31 Å². The molecule has 0 atom stereocenters. The summed E-state index contributed by atoms with van der Waals surface area (Å²) < 4.78 is 26.7. The molecule has 2 aromatic rings. The molecule has 0 aliphatic carbocycles. The summed E-state index contributed by atoms with van der Waals surface area (Å²) in [4.78, 5) is 23.2. The molecule has 8 heteroatoms. The van der Waals surface area contributed by atoms with E-state index in [1.54, 1.807) is 24.3 Å². The first-order chi connectivity index (χ1) is 10.7. The van der Waals surface area contributed by atoms with Gasteiger partial charge in [-0.05, 0) is 24.3 Å². The zero-order valence-corrected chi connectivity index (χ0v) is 13.8. The summed E-state index contributed by atoms with van der Waals surface area (Å²) in [6.45, 7) is 1.38. The molecule has 0 unspecified atom stereocenters. The molecule has 2 rings (SSSR count). The molecule has 0 radical (unpaired) electrons. The first kappa shape index (κ1) is 16.9. The van der Waals surface area contributed by atoms with Crippen molar-refractivity contribution in [2.45, 2.75) is 11.8 Å². The normalized spacial score (nSPS) is 11.5. The van der Waals surface area contributed by atoms with Crippen LogP contribution in [0.3, 0.4) is 0 Å². The van der Waals surface area contributed by atoms with Crippen LogP contribution in [-0.2, 0) is 14.8 Å². The zero-order valence-electron chi connectivity index (χ0n) is 13.0. The van der Waals surface area contributed by atoms with Gasteiger partial charge in [0.15, 0.2) is 0 Å². The van der Waals surface area contributed by atoms with Gasteiger partial charge >= 0.3 is 0 Å². The third-order valence-electron chi connectivity index (χ3n) is 3.11. The Morgan fingerprint density at radius 1 is 1.17 bits per heavy atom. The third kappa shape index (κ3) is 3.66. The number of benzene rings is 1. The number of sulfonamides is 1. The second-order valence-corrected chi connectivity index (χ2v) is 7.24. The Balaban J connectivity index is 2.56. The number of nitrogens with zero attached hydrogens (tertiary/aromatic N) is 2. The van der Waals surface area contributed by atoms with Gasteiger partial charge in [-0.1, -0.05) is 6.07 Å². The average molecular weight is 335 g/mol. The van der Waals surface area contributed by atoms with Gasteiger partial charge in [0.05, 0.1) is 10.6 Å². The molecule has 0 saturated carbocycles. The maximum atomic E-state index is 12.2. The fraction of sp³-hybridized carbons (Fsp3) is 0.200. The molecule has 122 valence electrons. The van der Waals surface area contributed by atoms with Gasteiger partial charge < -0.3 is 5.32 Å². The van der Waals surface area contributed by atoms with Gasteiger partial charge in [-0.3, -0.25) is 14.2 Å². The van der Waals surface area contributed by atoms with Crippen LogP contribution in [0.2, 0.25) is 0 Å². The van der Waals surface area contributed by atoms with Gasteiger partial charge in [-0.15, -0.1) is 0 Å². The molecule has 23 heavy (non-hydrogen) atoms. The molecule has 1 aromatic carbocycles. The Kier molecular flexibility index (Phi) is 4.67. The number of aromatic nitrogens is 1. The smallest absolute Gasteiger partial charge is 0.255 e. The van der Waals surface area contributed by atoms with Crippen LogP contribution in [0.15, 0.2) is 52.3 Å². The number of carbonyl (C=O) groups excluding carboxylic acids is 1. The summed E-state index contributed by atoms with van der Waals surface area (Å²) in [5.74, 6) is -0.238. The van der Waals surface area contributed by atoms with E-state index in [0.29, 0.717) is 11.4 Å². The Morgan fingerprint density at radius 2 is 1.87 bits per heavy atom. The quantitative estimate of drug-likeness (QED) is 0.904. The Labute approximate surface area is 134 Å². The van der Waals surface area contributed by atoms with Crippen molar-refractivity contribution in [2.24, 2.45) is 0 Å². The van der Waals surface area contributed by atoms with Gasteiger partial charge in [0.1, 0.15) is 0 Å². The standard InChI is InChI=1S/C15H17N3O4S/c1-11(19)16-12-5-4-6-13(9-12)18-10-14(7-8-15(18)20)23(21,22)17(2)3/h4-10H,1-3H3,(H,16,19). The minimum Gasteiger partial charge on any atom is -0.326 e. The van der Waals surface area contributed by atoms with Crippen LogP contribution in [0.25, 0.3) is 5.69 Å². The van der Waals surface area contributed by atoms with Crippen LogP contribution >= 0.6 is 0 Å². The average Bonchev–Trinajstić information content (AvgIpc) is 2.46. The van der Waals surface area contributed by atoms with Crippen molar-refractivity contribution < 1.29 is 13.2 Å². The topological polar surface area (TPSA) is 88.5 Å². The molecule has 0 bridgehead atoms. The third-order valence-corrected chi connectivity index (χ3v) is 4.91. The molecule has 0 aliphatic heterocycles. The highest BCUT2D eigenvalue weighted by Gasteiger charge is 2.18. The van der Waals surface area contributed by atoms with Gasteiger partial charge in [-0.2, -0.15) is 0 Å². The molecule has 7 nitrogen and oxygen atoms in total. The lowest BCUT2D eigenvalue weighted by atomic mass is 10.2. The second-order valence-electron chi connectivity index (χ2n) is 5.09. The summed E-state index contributed by atoms with van der Waals surface area (Å²) >= 11 is 0. The minimum absolute atomic E-state index is 0.00651. The summed E-state index contributed by atoms with van der Waals surface area (Å²) in [5.41, 5.74) is 0.600. The lowest BCUT2D eigenvalue weighted by molar-refractivity contribution is -0.114. The Morgan fingerprint density at radius 3 is 2.48 bits per heavy atom. The van der Waals surface area contributed by atoms with E-state index in [1.165, 1.54) is 43.9 Å². The van der Waals surface area contributed by atoms with E-state index in [1.807, 2.05) is 0 Å². The maximum absolute atomic E-state index is 12.2. The number of hydrogen-bond donors (Lipinski definition) is 1. The Bertz CT molecular complexity index is 901. The van der Waals surface area contributed by atoms with Crippen molar-refractivity contribution in [2.75, 3.05) is 19.4 Å². The highest BCUT2D eigenvalue weighted by molar-refractivity contribution is 7.89. The molecule has 1 heterocycles. The SMILES string of the molecule is CC(=O)Nc1cccc(-n2cc(S(=O)(=O)N(C)C)ccc2=O)c1. The number of carbonyl (C=O) groups is 1. The lowest BCUT2D eigenvalue weighted by Gasteiger charge is -2.13. The number of amides is 1. The van der Waals surface area contributed by atoms with Gasteiger partial charge in [0.2, 0.25) is 15.9 Å². The molecular weight excluding hydrogens is 318 g/mol. The molecule has 1 N–H and O–H groups in total. The minimum atomic E-state index is -3.65. The van der Waals surface area contributed by atoms with Gasteiger partial charge in [0, 0.05) is 39.0 Å². The van der Waals surface area contributed by atoms with Crippen LogP contribution < -0.4 is 10.9 Å². The first-order valence-electron chi connectivity index (χ1n) is 6.75. The molecule has 1 aromatic heterocycles. The first-order valence-corrected chi connectivity index (χ1v) is 8.19. The molecule has 1 amide bonds. The van der Waals surface area contributed by atoms with Crippen LogP contribution in [0.5, 0.6) is 0 Å². The number of pyridine rings is 1. The molecule has 0 saturated heterocycles. The van der Waals surface area contributed by atoms with Crippen LogP contribution in [-0.4, -0.2) is 37.3 Å². The fourth-order valence-corrected chi connectivity index (χ4v) is 2.87. The van der Waals surface area contributed by atoms with Crippen molar-refractivity contribution in [3.63, 3.8) is 0 Å².